The first-order valence-corrected chi connectivity index (χ1v) is 4.89. The molecule has 72 valence electrons. The molecule has 0 unspecified atom stereocenters. The lowest BCUT2D eigenvalue weighted by Gasteiger charge is -2.31. The summed E-state index contributed by atoms with van der Waals surface area (Å²) in [5.74, 6) is 2.69. The maximum atomic E-state index is 5.27. The standard InChI is InChI=1S/C12H19N/c1-5-8-13-9-6-11(7-10-13)12(2,3)4/h1,6H,7-10H2,2-4H3. The Labute approximate surface area is 81.8 Å². The normalized spacial score (nSPS) is 19.4. The quantitative estimate of drug-likeness (QED) is 0.439. The highest BCUT2D eigenvalue weighted by Gasteiger charge is 2.20. The van der Waals surface area contributed by atoms with Gasteiger partial charge in [0.2, 0.25) is 0 Å². The number of hydrogen-bond donors (Lipinski definition) is 0. The Bertz CT molecular complexity index is 237. The topological polar surface area (TPSA) is 3.24 Å². The SMILES string of the molecule is C#CCN1CC=C(C(C)(C)C)CC1. The van der Waals surface area contributed by atoms with Crippen LogP contribution in [0.15, 0.2) is 11.6 Å². The molecule has 0 spiro atoms. The Morgan fingerprint density at radius 1 is 1.54 bits per heavy atom. The summed E-state index contributed by atoms with van der Waals surface area (Å²) >= 11 is 0. The van der Waals surface area contributed by atoms with Gasteiger partial charge in [0.1, 0.15) is 0 Å². The predicted molar refractivity (Wildman–Crippen MR) is 57.4 cm³/mol. The van der Waals surface area contributed by atoms with Gasteiger partial charge in [-0.2, -0.15) is 0 Å². The van der Waals surface area contributed by atoms with Crippen molar-refractivity contribution in [3.05, 3.63) is 11.6 Å². The van der Waals surface area contributed by atoms with Gasteiger partial charge < -0.3 is 0 Å². The van der Waals surface area contributed by atoms with Gasteiger partial charge in [-0.1, -0.05) is 38.3 Å². The molecular weight excluding hydrogens is 158 g/mol. The van der Waals surface area contributed by atoms with Crippen LogP contribution in [-0.4, -0.2) is 24.5 Å². The van der Waals surface area contributed by atoms with Crippen LogP contribution >= 0.6 is 0 Å². The number of rotatable bonds is 1. The monoisotopic (exact) mass is 177 g/mol. The first kappa shape index (κ1) is 10.3. The Morgan fingerprint density at radius 3 is 2.62 bits per heavy atom. The molecule has 1 aliphatic heterocycles. The van der Waals surface area contributed by atoms with Gasteiger partial charge in [-0.25, -0.2) is 0 Å². The fourth-order valence-electron chi connectivity index (χ4n) is 1.67. The zero-order valence-electron chi connectivity index (χ0n) is 8.93. The van der Waals surface area contributed by atoms with Crippen molar-refractivity contribution in [2.24, 2.45) is 5.41 Å². The molecule has 1 aliphatic rings. The fraction of sp³-hybridized carbons (Fsp3) is 0.667. The largest absolute Gasteiger partial charge is 0.288 e. The zero-order valence-corrected chi connectivity index (χ0v) is 8.93. The number of hydrogen-bond acceptors (Lipinski definition) is 1. The lowest BCUT2D eigenvalue weighted by atomic mass is 9.83. The van der Waals surface area contributed by atoms with Crippen molar-refractivity contribution in [1.29, 1.82) is 0 Å². The van der Waals surface area contributed by atoms with Crippen LogP contribution in [0.2, 0.25) is 0 Å². The number of terminal acetylenes is 1. The Hall–Kier alpha value is -0.740. The Balaban J connectivity index is 2.54. The van der Waals surface area contributed by atoms with Crippen LogP contribution in [0.25, 0.3) is 0 Å². The van der Waals surface area contributed by atoms with E-state index in [1.807, 2.05) is 0 Å². The molecule has 1 heterocycles. The Kier molecular flexibility index (Phi) is 3.17. The lowest BCUT2D eigenvalue weighted by molar-refractivity contribution is 0.309. The summed E-state index contributed by atoms with van der Waals surface area (Å²) in [5.41, 5.74) is 1.91. The van der Waals surface area contributed by atoms with Crippen molar-refractivity contribution in [3.63, 3.8) is 0 Å². The minimum atomic E-state index is 0.336. The predicted octanol–water partition coefficient (Wildman–Crippen LogP) is 2.30. The van der Waals surface area contributed by atoms with Gasteiger partial charge >= 0.3 is 0 Å². The van der Waals surface area contributed by atoms with Crippen LogP contribution < -0.4 is 0 Å². The highest BCUT2D eigenvalue weighted by atomic mass is 15.1. The molecule has 0 bridgehead atoms. The molecule has 0 fully saturated rings. The molecule has 13 heavy (non-hydrogen) atoms. The molecule has 0 saturated carbocycles. The van der Waals surface area contributed by atoms with Crippen molar-refractivity contribution < 1.29 is 0 Å². The summed E-state index contributed by atoms with van der Waals surface area (Å²) in [7, 11) is 0. The highest BCUT2D eigenvalue weighted by molar-refractivity contribution is 5.15. The lowest BCUT2D eigenvalue weighted by Crippen LogP contribution is -2.31. The van der Waals surface area contributed by atoms with E-state index in [1.54, 1.807) is 5.57 Å². The van der Waals surface area contributed by atoms with Gasteiger partial charge in [0.15, 0.2) is 0 Å². The minimum Gasteiger partial charge on any atom is -0.288 e. The van der Waals surface area contributed by atoms with E-state index in [0.717, 1.165) is 19.6 Å². The molecule has 1 rings (SSSR count). The van der Waals surface area contributed by atoms with E-state index < -0.39 is 0 Å². The first-order valence-electron chi connectivity index (χ1n) is 4.89. The van der Waals surface area contributed by atoms with Crippen molar-refractivity contribution in [1.82, 2.24) is 4.90 Å². The second-order valence-electron chi connectivity index (χ2n) is 4.67. The number of nitrogens with zero attached hydrogens (tertiary/aromatic N) is 1. The van der Waals surface area contributed by atoms with Crippen LogP contribution in [0.5, 0.6) is 0 Å². The van der Waals surface area contributed by atoms with Crippen LogP contribution in [-0.2, 0) is 0 Å². The van der Waals surface area contributed by atoms with Crippen molar-refractivity contribution in [2.45, 2.75) is 27.2 Å². The zero-order chi connectivity index (χ0) is 9.90. The van der Waals surface area contributed by atoms with E-state index in [1.165, 1.54) is 6.42 Å². The van der Waals surface area contributed by atoms with E-state index in [9.17, 15) is 0 Å². The van der Waals surface area contributed by atoms with Gasteiger partial charge in [-0.3, -0.25) is 4.90 Å². The third kappa shape index (κ3) is 2.90. The van der Waals surface area contributed by atoms with E-state index in [4.69, 9.17) is 6.42 Å². The van der Waals surface area contributed by atoms with Gasteiger partial charge in [0, 0.05) is 13.1 Å². The molecule has 0 atom stereocenters. The average Bonchev–Trinajstić information content (AvgIpc) is 2.04. The fourth-order valence-corrected chi connectivity index (χ4v) is 1.67. The van der Waals surface area contributed by atoms with Crippen LogP contribution in [0, 0.1) is 17.8 Å². The van der Waals surface area contributed by atoms with Crippen molar-refractivity contribution >= 4 is 0 Å². The molecule has 1 nitrogen and oxygen atoms in total. The maximum Gasteiger partial charge on any atom is 0.0601 e. The van der Waals surface area contributed by atoms with Crippen molar-refractivity contribution in [3.8, 4) is 12.3 Å². The Morgan fingerprint density at radius 2 is 2.23 bits per heavy atom. The molecule has 0 aliphatic carbocycles. The second kappa shape index (κ2) is 3.98. The highest BCUT2D eigenvalue weighted by Crippen LogP contribution is 2.29. The average molecular weight is 177 g/mol. The molecule has 0 radical (unpaired) electrons. The molecule has 0 aromatic heterocycles. The van der Waals surface area contributed by atoms with E-state index in [0.29, 0.717) is 5.41 Å². The second-order valence-corrected chi connectivity index (χ2v) is 4.67. The van der Waals surface area contributed by atoms with E-state index >= 15 is 0 Å². The molecule has 0 amide bonds. The van der Waals surface area contributed by atoms with Crippen LogP contribution in [0.4, 0.5) is 0 Å². The smallest absolute Gasteiger partial charge is 0.0601 e. The van der Waals surface area contributed by atoms with Crippen LogP contribution in [0.3, 0.4) is 0 Å². The minimum absolute atomic E-state index is 0.336. The van der Waals surface area contributed by atoms with Crippen LogP contribution in [0.1, 0.15) is 27.2 Å². The molecule has 0 N–H and O–H groups in total. The summed E-state index contributed by atoms with van der Waals surface area (Å²) in [5, 5.41) is 0. The molecular formula is C12H19N. The summed E-state index contributed by atoms with van der Waals surface area (Å²) in [6.07, 6.45) is 8.77. The molecule has 1 heteroatoms. The first-order chi connectivity index (χ1) is 6.04. The summed E-state index contributed by atoms with van der Waals surface area (Å²) in [4.78, 5) is 2.30. The van der Waals surface area contributed by atoms with Crippen molar-refractivity contribution in [2.75, 3.05) is 19.6 Å². The summed E-state index contributed by atoms with van der Waals surface area (Å²) < 4.78 is 0. The molecule has 0 saturated heterocycles. The summed E-state index contributed by atoms with van der Waals surface area (Å²) in [6, 6.07) is 0. The van der Waals surface area contributed by atoms with Gasteiger partial charge in [-0.15, -0.1) is 6.42 Å². The third-order valence-corrected chi connectivity index (χ3v) is 2.57. The van der Waals surface area contributed by atoms with Gasteiger partial charge in [0.25, 0.3) is 0 Å². The summed E-state index contributed by atoms with van der Waals surface area (Å²) in [6.45, 7) is 9.75. The third-order valence-electron chi connectivity index (χ3n) is 2.57. The van der Waals surface area contributed by atoms with E-state index in [-0.39, 0.29) is 0 Å². The van der Waals surface area contributed by atoms with Gasteiger partial charge in [-0.05, 0) is 11.8 Å². The van der Waals surface area contributed by atoms with E-state index in [2.05, 4.69) is 37.7 Å². The maximum absolute atomic E-state index is 5.27. The molecule has 0 aromatic carbocycles. The molecule has 0 aromatic rings. The van der Waals surface area contributed by atoms with Gasteiger partial charge in [0.05, 0.1) is 6.54 Å².